The summed E-state index contributed by atoms with van der Waals surface area (Å²) in [6.07, 6.45) is 0.987. The van der Waals surface area contributed by atoms with Gasteiger partial charge < -0.3 is 20.9 Å². The van der Waals surface area contributed by atoms with Crippen molar-refractivity contribution in [3.05, 3.63) is 60.2 Å². The fraction of sp³-hybridized carbons (Fsp3) is 0.227. The minimum Gasteiger partial charge on any atom is -0.491 e. The van der Waals surface area contributed by atoms with E-state index in [4.69, 9.17) is 20.9 Å². The number of rotatable bonds is 8. The zero-order valence-corrected chi connectivity index (χ0v) is 16.3. The smallest absolute Gasteiger partial charge is 0.280 e. The Balaban J connectivity index is 1.86. The number of nitrogens with zero attached hydrogens (tertiary/aromatic N) is 2. The SMILES string of the molecule is CCCOCCOc1ccc(-c2cc(C(=O)N=C(N)N)c3ccccc3n2)cc1. The second kappa shape index (κ2) is 9.66. The Labute approximate surface area is 169 Å². The molecule has 0 saturated carbocycles. The van der Waals surface area contributed by atoms with Crippen molar-refractivity contribution in [3.8, 4) is 17.0 Å². The minimum absolute atomic E-state index is 0.276. The number of para-hydroxylation sites is 1. The van der Waals surface area contributed by atoms with Gasteiger partial charge in [0.1, 0.15) is 12.4 Å². The predicted octanol–water partition coefficient (Wildman–Crippen LogP) is 3.12. The van der Waals surface area contributed by atoms with E-state index in [1.54, 1.807) is 6.07 Å². The number of aliphatic imine (C=N–C) groups is 1. The van der Waals surface area contributed by atoms with Crippen LogP contribution in [0, 0.1) is 0 Å². The van der Waals surface area contributed by atoms with Crippen molar-refractivity contribution < 1.29 is 14.3 Å². The molecule has 1 heterocycles. The van der Waals surface area contributed by atoms with Gasteiger partial charge in [-0.15, -0.1) is 0 Å². The molecule has 7 nitrogen and oxygen atoms in total. The average Bonchev–Trinajstić information content (AvgIpc) is 2.72. The molecule has 0 aliphatic heterocycles. The van der Waals surface area contributed by atoms with Crippen molar-refractivity contribution in [1.82, 2.24) is 4.98 Å². The molecule has 3 rings (SSSR count). The van der Waals surface area contributed by atoms with E-state index < -0.39 is 5.91 Å². The summed E-state index contributed by atoms with van der Waals surface area (Å²) in [5, 5.41) is 0.693. The maximum Gasteiger partial charge on any atom is 0.280 e. The van der Waals surface area contributed by atoms with Gasteiger partial charge in [-0.05, 0) is 42.8 Å². The monoisotopic (exact) mass is 392 g/mol. The highest BCUT2D eigenvalue weighted by molar-refractivity contribution is 6.10. The van der Waals surface area contributed by atoms with Gasteiger partial charge in [-0.2, -0.15) is 4.99 Å². The molecule has 0 saturated heterocycles. The van der Waals surface area contributed by atoms with E-state index in [9.17, 15) is 4.79 Å². The summed E-state index contributed by atoms with van der Waals surface area (Å²) in [7, 11) is 0. The van der Waals surface area contributed by atoms with Crippen molar-refractivity contribution in [2.75, 3.05) is 19.8 Å². The van der Waals surface area contributed by atoms with E-state index in [0.717, 1.165) is 24.3 Å². The van der Waals surface area contributed by atoms with Gasteiger partial charge in [0.2, 0.25) is 0 Å². The molecule has 1 aromatic heterocycles. The summed E-state index contributed by atoms with van der Waals surface area (Å²) in [4.78, 5) is 20.8. The summed E-state index contributed by atoms with van der Waals surface area (Å²) >= 11 is 0. The highest BCUT2D eigenvalue weighted by Crippen LogP contribution is 2.26. The summed E-state index contributed by atoms with van der Waals surface area (Å²) < 4.78 is 11.1. The Bertz CT molecular complexity index is 1010. The molecular weight excluding hydrogens is 368 g/mol. The fourth-order valence-corrected chi connectivity index (χ4v) is 2.86. The van der Waals surface area contributed by atoms with Gasteiger partial charge >= 0.3 is 0 Å². The van der Waals surface area contributed by atoms with E-state index in [1.807, 2.05) is 48.5 Å². The number of aromatic nitrogens is 1. The van der Waals surface area contributed by atoms with Crippen LogP contribution < -0.4 is 16.2 Å². The molecule has 0 aliphatic rings. The first kappa shape index (κ1) is 20.3. The van der Waals surface area contributed by atoms with E-state index in [0.29, 0.717) is 35.4 Å². The number of benzene rings is 2. The van der Waals surface area contributed by atoms with Gasteiger partial charge in [0, 0.05) is 17.6 Å². The minimum atomic E-state index is -0.503. The van der Waals surface area contributed by atoms with Crippen LogP contribution in [0.15, 0.2) is 59.6 Å². The van der Waals surface area contributed by atoms with Crippen molar-refractivity contribution in [1.29, 1.82) is 0 Å². The fourth-order valence-electron chi connectivity index (χ4n) is 2.86. The van der Waals surface area contributed by atoms with Gasteiger partial charge in [0.15, 0.2) is 5.96 Å². The standard InChI is InChI=1S/C22H24N4O3/c1-2-11-28-12-13-29-16-9-7-15(8-10-16)20-14-18(21(27)26-22(23)24)17-5-3-4-6-19(17)25-20/h3-10,14H,2,11-13H2,1H3,(H4,23,24,26,27). The molecule has 0 spiro atoms. The van der Waals surface area contributed by atoms with Crippen molar-refractivity contribution in [3.63, 3.8) is 0 Å². The van der Waals surface area contributed by atoms with Gasteiger partial charge in [0.05, 0.1) is 23.4 Å². The first-order valence-corrected chi connectivity index (χ1v) is 9.43. The number of ether oxygens (including phenoxy) is 2. The topological polar surface area (TPSA) is 113 Å². The largest absolute Gasteiger partial charge is 0.491 e. The van der Waals surface area contributed by atoms with Crippen LogP contribution in [-0.2, 0) is 4.74 Å². The van der Waals surface area contributed by atoms with Crippen LogP contribution in [0.1, 0.15) is 23.7 Å². The van der Waals surface area contributed by atoms with Crippen LogP contribution in [0.2, 0.25) is 0 Å². The van der Waals surface area contributed by atoms with Crippen LogP contribution in [-0.4, -0.2) is 36.7 Å². The molecule has 1 amide bonds. The van der Waals surface area contributed by atoms with E-state index in [1.165, 1.54) is 0 Å². The number of hydrogen-bond donors (Lipinski definition) is 2. The normalized spacial score (nSPS) is 10.7. The first-order valence-electron chi connectivity index (χ1n) is 9.43. The summed E-state index contributed by atoms with van der Waals surface area (Å²) in [5.41, 5.74) is 13.3. The molecule has 2 aromatic carbocycles. The lowest BCUT2D eigenvalue weighted by Crippen LogP contribution is -2.24. The third-order valence-electron chi connectivity index (χ3n) is 4.17. The highest BCUT2D eigenvalue weighted by atomic mass is 16.5. The number of guanidine groups is 1. The van der Waals surface area contributed by atoms with E-state index in [2.05, 4.69) is 16.9 Å². The maximum atomic E-state index is 12.5. The Kier molecular flexibility index (Phi) is 6.76. The Hall–Kier alpha value is -3.45. The molecule has 0 aliphatic carbocycles. The maximum absolute atomic E-state index is 12.5. The third-order valence-corrected chi connectivity index (χ3v) is 4.17. The van der Waals surface area contributed by atoms with Crippen LogP contribution in [0.4, 0.5) is 0 Å². The molecule has 29 heavy (non-hydrogen) atoms. The number of hydrogen-bond acceptors (Lipinski definition) is 4. The highest BCUT2D eigenvalue weighted by Gasteiger charge is 2.13. The first-order chi connectivity index (χ1) is 14.1. The summed E-state index contributed by atoms with van der Waals surface area (Å²) in [6.45, 7) is 3.84. The summed E-state index contributed by atoms with van der Waals surface area (Å²) in [5.74, 6) is -0.0369. The molecule has 0 fully saturated rings. The van der Waals surface area contributed by atoms with Gasteiger partial charge in [-0.25, -0.2) is 4.98 Å². The Morgan fingerprint density at radius 2 is 1.79 bits per heavy atom. The van der Waals surface area contributed by atoms with Crippen LogP contribution >= 0.6 is 0 Å². The molecule has 150 valence electrons. The third kappa shape index (κ3) is 5.30. The van der Waals surface area contributed by atoms with Crippen molar-refractivity contribution in [2.45, 2.75) is 13.3 Å². The van der Waals surface area contributed by atoms with Gasteiger partial charge in [-0.3, -0.25) is 4.79 Å². The Morgan fingerprint density at radius 3 is 2.52 bits per heavy atom. The average molecular weight is 392 g/mol. The number of amides is 1. The zero-order chi connectivity index (χ0) is 20.6. The molecule has 0 bridgehead atoms. The van der Waals surface area contributed by atoms with Crippen LogP contribution in [0.25, 0.3) is 22.2 Å². The molecule has 0 radical (unpaired) electrons. The van der Waals surface area contributed by atoms with Crippen LogP contribution in [0.3, 0.4) is 0 Å². The quantitative estimate of drug-likeness (QED) is 0.346. The number of carbonyl (C=O) groups is 1. The lowest BCUT2D eigenvalue weighted by atomic mass is 10.0. The number of nitrogens with two attached hydrogens (primary N) is 2. The Morgan fingerprint density at radius 1 is 1.03 bits per heavy atom. The molecule has 0 atom stereocenters. The lowest BCUT2D eigenvalue weighted by molar-refractivity contribution is 0.100. The van der Waals surface area contributed by atoms with Gasteiger partial charge in [-0.1, -0.05) is 25.1 Å². The van der Waals surface area contributed by atoms with Gasteiger partial charge in [0.25, 0.3) is 5.91 Å². The number of pyridine rings is 1. The zero-order valence-electron chi connectivity index (χ0n) is 16.3. The number of carbonyl (C=O) groups excluding carboxylic acids is 1. The molecule has 3 aromatic rings. The molecule has 4 N–H and O–H groups in total. The number of fused-ring (bicyclic) bond motifs is 1. The summed E-state index contributed by atoms with van der Waals surface area (Å²) in [6, 6.07) is 16.6. The van der Waals surface area contributed by atoms with E-state index in [-0.39, 0.29) is 5.96 Å². The van der Waals surface area contributed by atoms with Crippen molar-refractivity contribution in [2.24, 2.45) is 16.5 Å². The second-order valence-electron chi connectivity index (χ2n) is 6.40. The lowest BCUT2D eigenvalue weighted by Gasteiger charge is -2.10. The molecular formula is C22H24N4O3. The van der Waals surface area contributed by atoms with E-state index >= 15 is 0 Å². The second-order valence-corrected chi connectivity index (χ2v) is 6.40. The predicted molar refractivity (Wildman–Crippen MR) is 114 cm³/mol. The molecule has 0 unspecified atom stereocenters. The van der Waals surface area contributed by atoms with Crippen LogP contribution in [0.5, 0.6) is 5.75 Å². The van der Waals surface area contributed by atoms with Crippen molar-refractivity contribution >= 4 is 22.8 Å². The molecule has 7 heteroatoms.